The molecule has 0 aliphatic heterocycles. The summed E-state index contributed by atoms with van der Waals surface area (Å²) < 4.78 is 1.10. The smallest absolute Gasteiger partial charge is 0.228 e. The zero-order valence-corrected chi connectivity index (χ0v) is 12.5. The summed E-state index contributed by atoms with van der Waals surface area (Å²) in [6.07, 6.45) is 0.934. The zero-order chi connectivity index (χ0) is 13.1. The first-order chi connectivity index (χ1) is 8.60. The van der Waals surface area contributed by atoms with E-state index in [1.54, 1.807) is 18.3 Å². The molecule has 96 valence electrons. The first kappa shape index (κ1) is 13.2. The van der Waals surface area contributed by atoms with Crippen LogP contribution in [0.3, 0.4) is 0 Å². The first-order valence-corrected chi connectivity index (χ1v) is 7.25. The van der Waals surface area contributed by atoms with Gasteiger partial charge in [-0.2, -0.15) is 15.0 Å². The molecular weight excluding hydrogens is 314 g/mol. The van der Waals surface area contributed by atoms with E-state index in [2.05, 4.69) is 48.5 Å². The van der Waals surface area contributed by atoms with Gasteiger partial charge < -0.3 is 11.1 Å². The molecule has 0 aromatic carbocycles. The molecule has 0 bridgehead atoms. The van der Waals surface area contributed by atoms with Crippen molar-refractivity contribution in [1.29, 1.82) is 0 Å². The lowest BCUT2D eigenvalue weighted by Crippen LogP contribution is -2.13. The standard InChI is InChI=1S/C11H14BrN5S/c1-3-8(9-7(12)4-5-18-9)16-11-15-6(2)14-10(13)17-11/h4-5,8H,3H2,1-2H3,(H3,13,14,15,16,17). The Balaban J connectivity index is 2.23. The third-order valence-electron chi connectivity index (χ3n) is 2.44. The quantitative estimate of drug-likeness (QED) is 0.902. The lowest BCUT2D eigenvalue weighted by molar-refractivity contribution is 0.745. The van der Waals surface area contributed by atoms with Gasteiger partial charge in [0.15, 0.2) is 0 Å². The lowest BCUT2D eigenvalue weighted by atomic mass is 10.2. The molecule has 7 heteroatoms. The zero-order valence-electron chi connectivity index (χ0n) is 10.1. The van der Waals surface area contributed by atoms with E-state index in [-0.39, 0.29) is 12.0 Å². The van der Waals surface area contributed by atoms with E-state index in [9.17, 15) is 0 Å². The normalized spacial score (nSPS) is 12.4. The van der Waals surface area contributed by atoms with Gasteiger partial charge >= 0.3 is 0 Å². The number of nitrogens with zero attached hydrogens (tertiary/aromatic N) is 3. The number of nitrogens with one attached hydrogen (secondary N) is 1. The van der Waals surface area contributed by atoms with E-state index < -0.39 is 0 Å². The predicted molar refractivity (Wildman–Crippen MR) is 77.7 cm³/mol. The number of nitrogen functional groups attached to an aromatic ring is 1. The van der Waals surface area contributed by atoms with Crippen molar-refractivity contribution in [2.24, 2.45) is 0 Å². The van der Waals surface area contributed by atoms with Gasteiger partial charge in [-0.15, -0.1) is 11.3 Å². The molecule has 0 radical (unpaired) electrons. The van der Waals surface area contributed by atoms with Crippen LogP contribution < -0.4 is 11.1 Å². The molecule has 1 atom stereocenters. The fourth-order valence-electron chi connectivity index (χ4n) is 1.63. The van der Waals surface area contributed by atoms with Crippen LogP contribution in [0.15, 0.2) is 15.9 Å². The summed E-state index contributed by atoms with van der Waals surface area (Å²) in [5, 5.41) is 5.34. The van der Waals surface area contributed by atoms with Crippen LogP contribution in [-0.4, -0.2) is 15.0 Å². The number of hydrogen-bond acceptors (Lipinski definition) is 6. The average molecular weight is 328 g/mol. The van der Waals surface area contributed by atoms with Crippen LogP contribution in [-0.2, 0) is 0 Å². The highest BCUT2D eigenvalue weighted by atomic mass is 79.9. The molecule has 18 heavy (non-hydrogen) atoms. The number of rotatable bonds is 4. The molecule has 0 saturated carbocycles. The highest BCUT2D eigenvalue weighted by Crippen LogP contribution is 2.32. The van der Waals surface area contributed by atoms with Crippen LogP contribution in [0.2, 0.25) is 0 Å². The van der Waals surface area contributed by atoms with Gasteiger partial charge in [-0.3, -0.25) is 0 Å². The number of anilines is 2. The Bertz CT molecular complexity index is 522. The van der Waals surface area contributed by atoms with Crippen LogP contribution in [0.25, 0.3) is 0 Å². The molecular formula is C11H14BrN5S. The highest BCUT2D eigenvalue weighted by Gasteiger charge is 2.15. The maximum atomic E-state index is 5.62. The molecule has 2 aromatic heterocycles. The number of halogens is 1. The summed E-state index contributed by atoms with van der Waals surface area (Å²) in [6, 6.07) is 2.21. The van der Waals surface area contributed by atoms with Crippen molar-refractivity contribution in [3.8, 4) is 0 Å². The fraction of sp³-hybridized carbons (Fsp3) is 0.364. The minimum Gasteiger partial charge on any atom is -0.368 e. The molecule has 0 aliphatic rings. The number of aryl methyl sites for hydroxylation is 1. The molecule has 5 nitrogen and oxygen atoms in total. The van der Waals surface area contributed by atoms with Gasteiger partial charge in [-0.1, -0.05) is 6.92 Å². The monoisotopic (exact) mass is 327 g/mol. The van der Waals surface area contributed by atoms with E-state index in [0.29, 0.717) is 11.8 Å². The summed E-state index contributed by atoms with van der Waals surface area (Å²) in [7, 11) is 0. The van der Waals surface area contributed by atoms with Crippen LogP contribution in [0, 0.1) is 6.92 Å². The molecule has 0 spiro atoms. The number of thiophene rings is 1. The maximum Gasteiger partial charge on any atom is 0.228 e. The van der Waals surface area contributed by atoms with Gasteiger partial charge in [0.25, 0.3) is 0 Å². The minimum absolute atomic E-state index is 0.167. The molecule has 2 rings (SSSR count). The summed E-state index contributed by atoms with van der Waals surface area (Å²) in [5.41, 5.74) is 5.62. The van der Waals surface area contributed by atoms with Crippen molar-refractivity contribution in [3.05, 3.63) is 26.6 Å². The van der Waals surface area contributed by atoms with Gasteiger partial charge in [-0.25, -0.2) is 0 Å². The maximum absolute atomic E-state index is 5.62. The molecule has 2 heterocycles. The summed E-state index contributed by atoms with van der Waals surface area (Å²) >= 11 is 5.24. The molecule has 2 aromatic rings. The first-order valence-electron chi connectivity index (χ1n) is 5.57. The van der Waals surface area contributed by atoms with Crippen molar-refractivity contribution in [1.82, 2.24) is 15.0 Å². The van der Waals surface area contributed by atoms with E-state index >= 15 is 0 Å². The Labute approximate surface area is 118 Å². The Morgan fingerprint density at radius 1 is 1.44 bits per heavy atom. The van der Waals surface area contributed by atoms with Crippen molar-refractivity contribution in [2.45, 2.75) is 26.3 Å². The van der Waals surface area contributed by atoms with E-state index in [0.717, 1.165) is 10.9 Å². The minimum atomic E-state index is 0.167. The number of aromatic nitrogens is 3. The van der Waals surface area contributed by atoms with Gasteiger partial charge in [0.05, 0.1) is 6.04 Å². The highest BCUT2D eigenvalue weighted by molar-refractivity contribution is 9.10. The summed E-state index contributed by atoms with van der Waals surface area (Å²) in [6.45, 7) is 3.91. The third kappa shape index (κ3) is 2.97. The van der Waals surface area contributed by atoms with Gasteiger partial charge in [0.2, 0.25) is 11.9 Å². The van der Waals surface area contributed by atoms with Crippen molar-refractivity contribution < 1.29 is 0 Å². The van der Waals surface area contributed by atoms with Gasteiger partial charge in [0.1, 0.15) is 5.82 Å². The van der Waals surface area contributed by atoms with E-state index in [1.165, 1.54) is 4.88 Å². The molecule has 0 amide bonds. The molecule has 3 N–H and O–H groups in total. The lowest BCUT2D eigenvalue weighted by Gasteiger charge is -2.16. The van der Waals surface area contributed by atoms with Crippen LogP contribution in [0.4, 0.5) is 11.9 Å². The van der Waals surface area contributed by atoms with Crippen molar-refractivity contribution in [3.63, 3.8) is 0 Å². The van der Waals surface area contributed by atoms with Gasteiger partial charge in [0, 0.05) is 9.35 Å². The molecule has 1 unspecified atom stereocenters. The molecule has 0 saturated heterocycles. The SMILES string of the molecule is CCC(Nc1nc(C)nc(N)n1)c1sccc1Br. The second kappa shape index (κ2) is 5.62. The predicted octanol–water partition coefficient (Wildman–Crippen LogP) is 3.15. The number of hydrogen-bond donors (Lipinski definition) is 2. The van der Waals surface area contributed by atoms with Crippen molar-refractivity contribution >= 4 is 39.2 Å². The second-order valence-electron chi connectivity index (χ2n) is 3.80. The third-order valence-corrected chi connectivity index (χ3v) is 4.42. The number of nitrogens with two attached hydrogens (primary N) is 1. The van der Waals surface area contributed by atoms with Crippen LogP contribution in [0.1, 0.15) is 30.1 Å². The summed E-state index contributed by atoms with van der Waals surface area (Å²) in [5.74, 6) is 1.38. The van der Waals surface area contributed by atoms with E-state index in [4.69, 9.17) is 5.73 Å². The Hall–Kier alpha value is -1.21. The fourth-order valence-corrected chi connectivity index (χ4v) is 3.42. The van der Waals surface area contributed by atoms with Crippen molar-refractivity contribution in [2.75, 3.05) is 11.1 Å². The van der Waals surface area contributed by atoms with E-state index in [1.807, 2.05) is 6.07 Å². The van der Waals surface area contributed by atoms with Gasteiger partial charge in [-0.05, 0) is 40.7 Å². The Kier molecular flexibility index (Phi) is 4.13. The molecule has 0 aliphatic carbocycles. The second-order valence-corrected chi connectivity index (χ2v) is 5.60. The summed E-state index contributed by atoms with van der Waals surface area (Å²) in [4.78, 5) is 13.5. The largest absolute Gasteiger partial charge is 0.368 e. The van der Waals surface area contributed by atoms with Crippen LogP contribution in [0.5, 0.6) is 0 Å². The topological polar surface area (TPSA) is 76.7 Å². The average Bonchev–Trinajstić information content (AvgIpc) is 2.71. The molecule has 0 fully saturated rings. The van der Waals surface area contributed by atoms with Crippen LogP contribution >= 0.6 is 27.3 Å². The Morgan fingerprint density at radius 2 is 2.22 bits per heavy atom. The Morgan fingerprint density at radius 3 is 2.78 bits per heavy atom.